The van der Waals surface area contributed by atoms with Gasteiger partial charge in [-0.15, -0.1) is 0 Å². The highest BCUT2D eigenvalue weighted by Gasteiger charge is 2.42. The summed E-state index contributed by atoms with van der Waals surface area (Å²) < 4.78 is 5.37. The number of halogens is 1. The van der Waals surface area contributed by atoms with E-state index in [1.165, 1.54) is 6.07 Å². The molecule has 2 amide bonds. The number of carbonyl (C=O) groups excluding carboxylic acids is 2. The maximum Gasteiger partial charge on any atom is 0.339 e. The smallest absolute Gasteiger partial charge is 0.339 e. The predicted molar refractivity (Wildman–Crippen MR) is 97.3 cm³/mol. The maximum atomic E-state index is 12.7. The van der Waals surface area contributed by atoms with Crippen LogP contribution in [0.25, 0.3) is 0 Å². The molecule has 27 heavy (non-hydrogen) atoms. The fourth-order valence-corrected chi connectivity index (χ4v) is 3.60. The van der Waals surface area contributed by atoms with Gasteiger partial charge in [0.2, 0.25) is 11.8 Å². The minimum atomic E-state index is -1.09. The van der Waals surface area contributed by atoms with Crippen molar-refractivity contribution in [1.29, 1.82) is 0 Å². The molecule has 0 aliphatic carbocycles. The second kappa shape index (κ2) is 7.44. The Morgan fingerprint density at radius 3 is 2.74 bits per heavy atom. The number of amides is 2. The summed E-state index contributed by atoms with van der Waals surface area (Å²) in [5, 5.41) is 12.3. The van der Waals surface area contributed by atoms with Crippen molar-refractivity contribution in [3.8, 4) is 0 Å². The molecule has 1 aromatic heterocycles. The summed E-state index contributed by atoms with van der Waals surface area (Å²) in [6.45, 7) is 1.60. The monoisotopic (exact) mass is 390 g/mol. The van der Waals surface area contributed by atoms with Crippen LogP contribution in [0.2, 0.25) is 5.02 Å². The minimum Gasteiger partial charge on any atom is -0.478 e. The highest BCUT2D eigenvalue weighted by molar-refractivity contribution is 6.30. The Morgan fingerprint density at radius 1 is 1.37 bits per heavy atom. The number of rotatable bonds is 5. The molecule has 2 atom stereocenters. The lowest BCUT2D eigenvalue weighted by molar-refractivity contribution is -0.128. The molecule has 1 aromatic carbocycles. The van der Waals surface area contributed by atoms with E-state index in [9.17, 15) is 14.4 Å². The van der Waals surface area contributed by atoms with Crippen molar-refractivity contribution in [2.24, 2.45) is 5.92 Å². The zero-order chi connectivity index (χ0) is 19.7. The molecule has 0 saturated carbocycles. The number of nitrogens with zero attached hydrogens (tertiary/aromatic N) is 1. The maximum absolute atomic E-state index is 12.7. The van der Waals surface area contributed by atoms with Gasteiger partial charge >= 0.3 is 5.97 Å². The van der Waals surface area contributed by atoms with E-state index < -0.39 is 17.9 Å². The van der Waals surface area contributed by atoms with Crippen molar-refractivity contribution >= 4 is 29.4 Å². The molecule has 0 bridgehead atoms. The molecule has 1 saturated heterocycles. The molecule has 142 valence electrons. The first-order chi connectivity index (χ1) is 12.8. The van der Waals surface area contributed by atoms with E-state index >= 15 is 0 Å². The number of carboxylic acids is 1. The van der Waals surface area contributed by atoms with Crippen LogP contribution in [0.5, 0.6) is 0 Å². The molecule has 0 radical (unpaired) electrons. The van der Waals surface area contributed by atoms with E-state index in [-0.39, 0.29) is 36.1 Å². The molecule has 0 spiro atoms. The Bertz CT molecular complexity index is 907. The molecule has 1 aliphatic heterocycles. The SMILES string of the molecule is Cc1oc(CNC(=O)[C@H]2CC(=O)N(C)[C@H]2c2cccc(Cl)c2)cc1C(=O)O. The van der Waals surface area contributed by atoms with Crippen LogP contribution in [0.4, 0.5) is 0 Å². The highest BCUT2D eigenvalue weighted by atomic mass is 35.5. The number of furan rings is 1. The molecular weight excluding hydrogens is 372 g/mol. The van der Waals surface area contributed by atoms with E-state index in [0.717, 1.165) is 5.56 Å². The fraction of sp³-hybridized carbons (Fsp3) is 0.316. The average molecular weight is 391 g/mol. The lowest BCUT2D eigenvalue weighted by Gasteiger charge is -2.25. The standard InChI is InChI=1S/C19H19ClN2O5/c1-10-14(19(25)26)7-13(27-10)9-21-18(24)15-8-16(23)22(2)17(15)11-4-3-5-12(20)6-11/h3-7,15,17H,8-9H2,1-2H3,(H,21,24)(H,25,26)/t15-,17-/m0/s1. The summed E-state index contributed by atoms with van der Waals surface area (Å²) in [7, 11) is 1.66. The van der Waals surface area contributed by atoms with Crippen molar-refractivity contribution in [3.63, 3.8) is 0 Å². The number of nitrogens with one attached hydrogen (secondary N) is 1. The summed E-state index contributed by atoms with van der Waals surface area (Å²) in [5.74, 6) is -1.46. The van der Waals surface area contributed by atoms with E-state index in [2.05, 4.69) is 5.32 Å². The van der Waals surface area contributed by atoms with E-state index in [1.54, 1.807) is 37.1 Å². The van der Waals surface area contributed by atoms with Gasteiger partial charge in [0, 0.05) is 18.5 Å². The summed E-state index contributed by atoms with van der Waals surface area (Å²) >= 11 is 6.05. The third-order valence-electron chi connectivity index (χ3n) is 4.75. The summed E-state index contributed by atoms with van der Waals surface area (Å²) in [5.41, 5.74) is 0.852. The first kappa shape index (κ1) is 19.0. The second-order valence-corrected chi connectivity index (χ2v) is 6.96. The minimum absolute atomic E-state index is 0.0453. The first-order valence-electron chi connectivity index (χ1n) is 8.39. The van der Waals surface area contributed by atoms with Crippen LogP contribution in [0.15, 0.2) is 34.7 Å². The number of carbonyl (C=O) groups is 3. The predicted octanol–water partition coefficient (Wildman–Crippen LogP) is 2.78. The van der Waals surface area contributed by atoms with Crippen molar-refractivity contribution in [2.45, 2.75) is 25.9 Å². The van der Waals surface area contributed by atoms with Gasteiger partial charge in [0.25, 0.3) is 0 Å². The number of likely N-dealkylation sites (tertiary alicyclic amines) is 1. The topological polar surface area (TPSA) is 99.9 Å². The van der Waals surface area contributed by atoms with Gasteiger partial charge in [-0.3, -0.25) is 9.59 Å². The normalized spacial score (nSPS) is 19.4. The fourth-order valence-electron chi connectivity index (χ4n) is 3.40. The number of aromatic carboxylic acids is 1. The summed E-state index contributed by atoms with van der Waals surface area (Å²) in [6.07, 6.45) is 0.0943. The molecular formula is C19H19ClN2O5. The first-order valence-corrected chi connectivity index (χ1v) is 8.77. The van der Waals surface area contributed by atoms with Gasteiger partial charge in [-0.2, -0.15) is 0 Å². The van der Waals surface area contributed by atoms with Crippen molar-refractivity contribution < 1.29 is 23.9 Å². The molecule has 2 aromatic rings. The van der Waals surface area contributed by atoms with Gasteiger partial charge in [-0.25, -0.2) is 4.79 Å². The Hall–Kier alpha value is -2.80. The molecule has 3 rings (SSSR count). The van der Waals surface area contributed by atoms with Gasteiger partial charge in [0.15, 0.2) is 0 Å². The third-order valence-corrected chi connectivity index (χ3v) is 4.98. The summed E-state index contributed by atoms with van der Waals surface area (Å²) in [6, 6.07) is 8.07. The number of hydrogen-bond acceptors (Lipinski definition) is 4. The van der Waals surface area contributed by atoms with Crippen molar-refractivity contribution in [2.75, 3.05) is 7.05 Å². The average Bonchev–Trinajstić information content (AvgIpc) is 3.13. The lowest BCUT2D eigenvalue weighted by Crippen LogP contribution is -2.34. The molecule has 7 nitrogen and oxygen atoms in total. The highest BCUT2D eigenvalue weighted by Crippen LogP contribution is 2.37. The second-order valence-electron chi connectivity index (χ2n) is 6.52. The molecule has 2 N–H and O–H groups in total. The van der Waals surface area contributed by atoms with Crippen LogP contribution in [0.3, 0.4) is 0 Å². The molecule has 1 aliphatic rings. The lowest BCUT2D eigenvalue weighted by atomic mass is 9.93. The van der Waals surface area contributed by atoms with Crippen molar-refractivity contribution in [1.82, 2.24) is 10.2 Å². The van der Waals surface area contributed by atoms with Crippen LogP contribution >= 0.6 is 11.6 Å². The number of benzene rings is 1. The Balaban J connectivity index is 1.75. The van der Waals surface area contributed by atoms with E-state index in [0.29, 0.717) is 10.8 Å². The summed E-state index contributed by atoms with van der Waals surface area (Å²) in [4.78, 5) is 37.5. The Labute approximate surface area is 160 Å². The van der Waals surface area contributed by atoms with Gasteiger partial charge in [0.05, 0.1) is 18.5 Å². The van der Waals surface area contributed by atoms with Crippen LogP contribution in [0, 0.1) is 12.8 Å². The molecule has 1 fully saturated rings. The van der Waals surface area contributed by atoms with Crippen LogP contribution in [-0.4, -0.2) is 34.8 Å². The zero-order valence-electron chi connectivity index (χ0n) is 14.9. The van der Waals surface area contributed by atoms with Gasteiger partial charge in [-0.05, 0) is 30.7 Å². The largest absolute Gasteiger partial charge is 0.478 e. The quantitative estimate of drug-likeness (QED) is 0.817. The van der Waals surface area contributed by atoms with Crippen molar-refractivity contribution in [3.05, 3.63) is 58.0 Å². The van der Waals surface area contributed by atoms with Crippen LogP contribution in [0.1, 0.15) is 39.9 Å². The Kier molecular flexibility index (Phi) is 5.23. The molecule has 0 unspecified atom stereocenters. The third kappa shape index (κ3) is 3.83. The Morgan fingerprint density at radius 2 is 2.11 bits per heavy atom. The van der Waals surface area contributed by atoms with Crippen LogP contribution in [-0.2, 0) is 16.1 Å². The van der Waals surface area contributed by atoms with E-state index in [1.807, 2.05) is 6.07 Å². The molecule has 8 heteroatoms. The number of hydrogen-bond donors (Lipinski definition) is 2. The molecule has 2 heterocycles. The van der Waals surface area contributed by atoms with Gasteiger partial charge < -0.3 is 19.7 Å². The van der Waals surface area contributed by atoms with Crippen LogP contribution < -0.4 is 5.32 Å². The van der Waals surface area contributed by atoms with Gasteiger partial charge in [-0.1, -0.05) is 23.7 Å². The van der Waals surface area contributed by atoms with E-state index in [4.69, 9.17) is 21.1 Å². The number of aryl methyl sites for hydroxylation is 1. The van der Waals surface area contributed by atoms with Gasteiger partial charge in [0.1, 0.15) is 17.1 Å². The zero-order valence-corrected chi connectivity index (χ0v) is 15.6. The number of carboxylic acid groups (broad SMARTS) is 1.